The van der Waals surface area contributed by atoms with Gasteiger partial charge < -0.3 is 9.84 Å². The summed E-state index contributed by atoms with van der Waals surface area (Å²) in [6, 6.07) is 4.96. The predicted molar refractivity (Wildman–Crippen MR) is 73.4 cm³/mol. The number of benzene rings is 1. The molecule has 0 aliphatic rings. The average molecular weight is 338 g/mol. The molecule has 0 atom stereocenters. The first-order valence-corrected chi connectivity index (χ1v) is 6.61. The highest BCUT2D eigenvalue weighted by atomic mass is 79.9. The van der Waals surface area contributed by atoms with E-state index in [-0.39, 0.29) is 5.75 Å². The molecule has 0 aliphatic carbocycles. The average Bonchev–Trinajstić information content (AvgIpc) is 2.18. The Morgan fingerprint density at radius 2 is 2.05 bits per heavy atom. The third-order valence-electron chi connectivity index (χ3n) is 2.32. The Morgan fingerprint density at radius 3 is 2.53 bits per heavy atom. The summed E-state index contributed by atoms with van der Waals surface area (Å²) in [6.45, 7) is 1.76. The number of likely N-dealkylation sites (N-methyl/N-ethyl adjacent to an activating group) is 1. The van der Waals surface area contributed by atoms with E-state index in [9.17, 15) is 13.9 Å². The number of halogens is 3. The van der Waals surface area contributed by atoms with Crippen LogP contribution in [0.15, 0.2) is 22.7 Å². The largest absolute Gasteiger partial charge is 0.434 e. The minimum atomic E-state index is -2.83. The molecular formula is C13H18BrF2NO2. The molecule has 3 nitrogen and oxygen atoms in total. The monoisotopic (exact) mass is 337 g/mol. The molecule has 1 N–H and O–H groups in total. The molecule has 0 saturated carbocycles. The maximum Gasteiger partial charge on any atom is 0.387 e. The van der Waals surface area contributed by atoms with Crippen molar-refractivity contribution in [3.63, 3.8) is 0 Å². The van der Waals surface area contributed by atoms with Gasteiger partial charge in [0.25, 0.3) is 0 Å². The van der Waals surface area contributed by atoms with E-state index < -0.39 is 12.2 Å². The third kappa shape index (κ3) is 6.31. The molecule has 0 aromatic heterocycles. The Balaban J connectivity index is 2.68. The molecule has 0 fully saturated rings. The third-order valence-corrected chi connectivity index (χ3v) is 2.94. The number of ether oxygens (including phenoxy) is 1. The van der Waals surface area contributed by atoms with E-state index in [0.29, 0.717) is 17.6 Å². The van der Waals surface area contributed by atoms with Gasteiger partial charge in [-0.25, -0.2) is 0 Å². The van der Waals surface area contributed by atoms with Gasteiger partial charge in [0.15, 0.2) is 0 Å². The van der Waals surface area contributed by atoms with Gasteiger partial charge in [0.05, 0.1) is 10.1 Å². The molecule has 0 amide bonds. The van der Waals surface area contributed by atoms with Crippen LogP contribution in [0.1, 0.15) is 19.4 Å². The van der Waals surface area contributed by atoms with Crippen molar-refractivity contribution in [3.05, 3.63) is 28.2 Å². The summed E-state index contributed by atoms with van der Waals surface area (Å²) in [6.07, 6.45) is 0. The Kier molecular flexibility index (Phi) is 5.70. The summed E-state index contributed by atoms with van der Waals surface area (Å²) >= 11 is 3.20. The first kappa shape index (κ1) is 16.3. The zero-order valence-electron chi connectivity index (χ0n) is 11.2. The van der Waals surface area contributed by atoms with Crippen molar-refractivity contribution in [3.8, 4) is 5.75 Å². The number of nitrogens with zero attached hydrogens (tertiary/aromatic N) is 1. The zero-order chi connectivity index (χ0) is 14.6. The van der Waals surface area contributed by atoms with Crippen LogP contribution in [0.2, 0.25) is 0 Å². The van der Waals surface area contributed by atoms with Gasteiger partial charge in [0.1, 0.15) is 5.75 Å². The molecule has 0 radical (unpaired) electrons. The summed E-state index contributed by atoms with van der Waals surface area (Å²) in [7, 11) is 1.88. The molecule has 0 unspecified atom stereocenters. The van der Waals surface area contributed by atoms with Gasteiger partial charge in [0.2, 0.25) is 0 Å². The van der Waals surface area contributed by atoms with Crippen LogP contribution in [0.5, 0.6) is 5.75 Å². The Morgan fingerprint density at radius 1 is 1.42 bits per heavy atom. The summed E-state index contributed by atoms with van der Waals surface area (Å²) < 4.78 is 29.1. The molecule has 0 bridgehead atoms. The van der Waals surface area contributed by atoms with Gasteiger partial charge in [-0.15, -0.1) is 0 Å². The van der Waals surface area contributed by atoms with Crippen molar-refractivity contribution in [1.29, 1.82) is 0 Å². The molecule has 6 heteroatoms. The van der Waals surface area contributed by atoms with Gasteiger partial charge in [0, 0.05) is 13.1 Å². The second kappa shape index (κ2) is 6.63. The van der Waals surface area contributed by atoms with Crippen LogP contribution < -0.4 is 4.74 Å². The lowest BCUT2D eigenvalue weighted by molar-refractivity contribution is -0.0503. The highest BCUT2D eigenvalue weighted by Crippen LogP contribution is 2.27. The standard InChI is InChI=1S/C13H18BrF2NO2/c1-13(2,18)8-17(3)7-9-4-5-11(10(14)6-9)19-12(15)16/h4-6,12,18H,7-8H2,1-3H3. The number of hydrogen-bond donors (Lipinski definition) is 1. The number of alkyl halides is 2. The van der Waals surface area contributed by atoms with Crippen LogP contribution in [0, 0.1) is 0 Å². The summed E-state index contributed by atoms with van der Waals surface area (Å²) in [5, 5.41) is 9.71. The molecule has 0 heterocycles. The minimum Gasteiger partial charge on any atom is -0.434 e. The molecule has 0 spiro atoms. The van der Waals surface area contributed by atoms with Crippen LogP contribution in [0.4, 0.5) is 8.78 Å². The van der Waals surface area contributed by atoms with Crippen LogP contribution in [-0.2, 0) is 6.54 Å². The quantitative estimate of drug-likeness (QED) is 0.864. The first-order chi connectivity index (χ1) is 8.67. The zero-order valence-corrected chi connectivity index (χ0v) is 12.7. The summed E-state index contributed by atoms with van der Waals surface area (Å²) in [5.41, 5.74) is 0.172. The molecule has 1 aromatic rings. The highest BCUT2D eigenvalue weighted by Gasteiger charge is 2.16. The SMILES string of the molecule is CN(Cc1ccc(OC(F)F)c(Br)c1)CC(C)(C)O. The summed E-state index contributed by atoms with van der Waals surface area (Å²) in [5.74, 6) is 0.115. The second-order valence-electron chi connectivity index (χ2n) is 5.13. The normalized spacial score (nSPS) is 12.3. The van der Waals surface area contributed by atoms with Gasteiger partial charge >= 0.3 is 6.61 Å². The van der Waals surface area contributed by atoms with Crippen LogP contribution in [0.25, 0.3) is 0 Å². The maximum absolute atomic E-state index is 12.1. The molecule has 0 aliphatic heterocycles. The lowest BCUT2D eigenvalue weighted by Gasteiger charge is -2.25. The van der Waals surface area contributed by atoms with Gasteiger partial charge in [-0.2, -0.15) is 8.78 Å². The van der Waals surface area contributed by atoms with Crippen molar-refractivity contribution in [2.75, 3.05) is 13.6 Å². The van der Waals surface area contributed by atoms with Crippen molar-refractivity contribution in [2.45, 2.75) is 32.6 Å². The number of aliphatic hydroxyl groups is 1. The van der Waals surface area contributed by atoms with Crippen molar-refractivity contribution in [1.82, 2.24) is 4.90 Å². The molecular weight excluding hydrogens is 320 g/mol. The second-order valence-corrected chi connectivity index (χ2v) is 5.98. The van der Waals surface area contributed by atoms with E-state index in [1.54, 1.807) is 26.0 Å². The number of rotatable bonds is 6. The molecule has 1 aromatic carbocycles. The van der Waals surface area contributed by atoms with Crippen LogP contribution in [-0.4, -0.2) is 35.8 Å². The molecule has 0 saturated heterocycles. The van der Waals surface area contributed by atoms with E-state index in [1.807, 2.05) is 11.9 Å². The predicted octanol–water partition coefficient (Wildman–Crippen LogP) is 3.25. The van der Waals surface area contributed by atoms with E-state index in [4.69, 9.17) is 0 Å². The number of hydrogen-bond acceptors (Lipinski definition) is 3. The molecule has 108 valence electrons. The summed E-state index contributed by atoms with van der Waals surface area (Å²) in [4.78, 5) is 1.95. The van der Waals surface area contributed by atoms with E-state index >= 15 is 0 Å². The minimum absolute atomic E-state index is 0.115. The van der Waals surface area contributed by atoms with Crippen LogP contribution in [0.3, 0.4) is 0 Å². The topological polar surface area (TPSA) is 32.7 Å². The Labute approximate surface area is 120 Å². The van der Waals surface area contributed by atoms with Crippen molar-refractivity contribution >= 4 is 15.9 Å². The molecule has 19 heavy (non-hydrogen) atoms. The van der Waals surface area contributed by atoms with Gasteiger partial charge in [-0.05, 0) is 54.5 Å². The van der Waals surface area contributed by atoms with E-state index in [1.165, 1.54) is 6.07 Å². The smallest absolute Gasteiger partial charge is 0.387 e. The lowest BCUT2D eigenvalue weighted by atomic mass is 10.1. The fraction of sp³-hybridized carbons (Fsp3) is 0.538. The Bertz CT molecular complexity index is 422. The fourth-order valence-corrected chi connectivity index (χ4v) is 2.38. The maximum atomic E-state index is 12.1. The van der Waals surface area contributed by atoms with Gasteiger partial charge in [-0.3, -0.25) is 4.90 Å². The fourth-order valence-electron chi connectivity index (χ4n) is 1.86. The first-order valence-electron chi connectivity index (χ1n) is 5.81. The Hall–Kier alpha value is -0.720. The van der Waals surface area contributed by atoms with Gasteiger partial charge in [-0.1, -0.05) is 6.07 Å². The van der Waals surface area contributed by atoms with Crippen molar-refractivity contribution in [2.24, 2.45) is 0 Å². The van der Waals surface area contributed by atoms with E-state index in [2.05, 4.69) is 20.7 Å². The van der Waals surface area contributed by atoms with Crippen LogP contribution >= 0.6 is 15.9 Å². The van der Waals surface area contributed by atoms with E-state index in [0.717, 1.165) is 5.56 Å². The molecule has 1 rings (SSSR count). The highest BCUT2D eigenvalue weighted by molar-refractivity contribution is 9.10. The lowest BCUT2D eigenvalue weighted by Crippen LogP contribution is -2.35. The van der Waals surface area contributed by atoms with Crippen molar-refractivity contribution < 1.29 is 18.6 Å².